The van der Waals surface area contributed by atoms with Gasteiger partial charge >= 0.3 is 12.1 Å². The number of ether oxygens (including phenoxy) is 2. The first kappa shape index (κ1) is 23.4. The van der Waals surface area contributed by atoms with E-state index < -0.39 is 24.2 Å². The second-order valence-corrected chi connectivity index (χ2v) is 9.64. The molecule has 35 heavy (non-hydrogen) atoms. The van der Waals surface area contributed by atoms with Crippen LogP contribution in [0.3, 0.4) is 0 Å². The lowest BCUT2D eigenvalue weighted by Gasteiger charge is -2.22. The minimum atomic E-state index is -0.812. The number of alkyl carbamates (subject to hydrolysis) is 1. The van der Waals surface area contributed by atoms with Gasteiger partial charge in [0, 0.05) is 25.0 Å². The lowest BCUT2D eigenvalue weighted by Crippen LogP contribution is -2.50. The van der Waals surface area contributed by atoms with Gasteiger partial charge in [-0.1, -0.05) is 48.5 Å². The van der Waals surface area contributed by atoms with Crippen molar-refractivity contribution in [1.29, 1.82) is 0 Å². The molecule has 184 valence electrons. The van der Waals surface area contributed by atoms with Crippen molar-refractivity contribution < 1.29 is 29.0 Å². The quantitative estimate of drug-likeness (QED) is 0.562. The number of hydrogen-bond donors (Lipinski definition) is 3. The molecule has 1 saturated heterocycles. The summed E-state index contributed by atoms with van der Waals surface area (Å²) in [7, 11) is 0. The van der Waals surface area contributed by atoms with E-state index in [1.807, 2.05) is 24.3 Å². The molecule has 2 aromatic carbocycles. The van der Waals surface area contributed by atoms with E-state index in [2.05, 4.69) is 34.9 Å². The van der Waals surface area contributed by atoms with Crippen LogP contribution < -0.4 is 10.6 Å². The number of carboxylic acid groups (broad SMARTS) is 1. The van der Waals surface area contributed by atoms with Crippen molar-refractivity contribution in [2.75, 3.05) is 13.2 Å². The largest absolute Gasteiger partial charge is 0.481 e. The number of carbonyl (C=O) groups excluding carboxylic acids is 2. The van der Waals surface area contributed by atoms with E-state index in [1.54, 1.807) is 0 Å². The maximum absolute atomic E-state index is 12.8. The lowest BCUT2D eigenvalue weighted by molar-refractivity contribution is -0.138. The first-order valence-electron chi connectivity index (χ1n) is 12.2. The normalized spacial score (nSPS) is 25.0. The molecule has 0 spiro atoms. The summed E-state index contributed by atoms with van der Waals surface area (Å²) in [6, 6.07) is 15.8. The molecule has 8 heteroatoms. The molecule has 0 radical (unpaired) electrons. The topological polar surface area (TPSA) is 114 Å². The average Bonchev–Trinajstić information content (AvgIpc) is 3.55. The van der Waals surface area contributed by atoms with E-state index in [-0.39, 0.29) is 36.8 Å². The van der Waals surface area contributed by atoms with Gasteiger partial charge in [0.15, 0.2) is 6.10 Å². The summed E-state index contributed by atoms with van der Waals surface area (Å²) in [4.78, 5) is 36.4. The Bertz CT molecular complexity index is 1070. The van der Waals surface area contributed by atoms with Gasteiger partial charge in [-0.05, 0) is 53.9 Å². The number of amides is 2. The van der Waals surface area contributed by atoms with E-state index in [0.29, 0.717) is 19.4 Å². The van der Waals surface area contributed by atoms with Crippen LogP contribution in [0.5, 0.6) is 0 Å². The van der Waals surface area contributed by atoms with E-state index in [0.717, 1.165) is 35.1 Å². The van der Waals surface area contributed by atoms with Gasteiger partial charge in [-0.25, -0.2) is 4.79 Å². The Labute approximate surface area is 204 Å². The third-order valence-corrected chi connectivity index (χ3v) is 7.35. The van der Waals surface area contributed by atoms with Crippen LogP contribution in [-0.4, -0.2) is 54.5 Å². The summed E-state index contributed by atoms with van der Waals surface area (Å²) in [5.74, 6) is -1.04. The van der Waals surface area contributed by atoms with Crippen LogP contribution in [-0.2, 0) is 19.1 Å². The third-order valence-electron chi connectivity index (χ3n) is 7.35. The Hall–Kier alpha value is -3.39. The van der Waals surface area contributed by atoms with Crippen LogP contribution in [0.2, 0.25) is 0 Å². The molecular weight excluding hydrogens is 448 g/mol. The SMILES string of the molecule is O=C(O)C[C@H]1CC[C@@H](NC(=O)C2OCCC2NC(=O)OCC2c3ccccc3-c3ccccc32)C1. The molecule has 2 aliphatic carbocycles. The number of rotatable bonds is 7. The van der Waals surface area contributed by atoms with Gasteiger partial charge < -0.3 is 25.2 Å². The van der Waals surface area contributed by atoms with E-state index in [9.17, 15) is 14.4 Å². The molecule has 3 N–H and O–H groups in total. The Morgan fingerprint density at radius 3 is 2.31 bits per heavy atom. The highest BCUT2D eigenvalue weighted by atomic mass is 16.6. The van der Waals surface area contributed by atoms with Gasteiger partial charge in [0.1, 0.15) is 6.61 Å². The van der Waals surface area contributed by atoms with Crippen LogP contribution in [0.4, 0.5) is 4.79 Å². The molecule has 3 aliphatic rings. The van der Waals surface area contributed by atoms with Crippen molar-refractivity contribution in [3.05, 3.63) is 59.7 Å². The fourth-order valence-electron chi connectivity index (χ4n) is 5.71. The summed E-state index contributed by atoms with van der Waals surface area (Å²) in [5.41, 5.74) is 4.60. The van der Waals surface area contributed by atoms with Gasteiger partial charge in [0.25, 0.3) is 5.91 Å². The second-order valence-electron chi connectivity index (χ2n) is 9.64. The number of fused-ring (bicyclic) bond motifs is 3. The Morgan fingerprint density at radius 1 is 0.943 bits per heavy atom. The van der Waals surface area contributed by atoms with Crippen molar-refractivity contribution in [2.24, 2.45) is 5.92 Å². The van der Waals surface area contributed by atoms with Gasteiger partial charge in [-0.2, -0.15) is 0 Å². The minimum Gasteiger partial charge on any atom is -0.481 e. The molecule has 5 rings (SSSR count). The van der Waals surface area contributed by atoms with Gasteiger partial charge in [-0.3, -0.25) is 9.59 Å². The average molecular weight is 479 g/mol. The van der Waals surface area contributed by atoms with Crippen LogP contribution in [0.25, 0.3) is 11.1 Å². The standard InChI is InChI=1S/C27H30N2O6/c30-24(31)14-16-9-10-17(13-16)28-26(32)25-23(11-12-34-25)29-27(33)35-15-22-20-7-3-1-5-18(20)19-6-2-4-8-21(19)22/h1-8,16-17,22-23,25H,9-15H2,(H,28,32)(H,29,33)(H,30,31)/t16-,17+,23?,25?/m0/s1. The van der Waals surface area contributed by atoms with Crippen molar-refractivity contribution in [3.8, 4) is 11.1 Å². The molecular formula is C27H30N2O6. The maximum atomic E-state index is 12.8. The van der Waals surface area contributed by atoms with Crippen LogP contribution in [0, 0.1) is 5.92 Å². The molecule has 1 heterocycles. The fourth-order valence-corrected chi connectivity index (χ4v) is 5.71. The molecule has 1 saturated carbocycles. The molecule has 0 bridgehead atoms. The van der Waals surface area contributed by atoms with Gasteiger partial charge in [0.05, 0.1) is 6.04 Å². The van der Waals surface area contributed by atoms with Crippen molar-refractivity contribution in [1.82, 2.24) is 10.6 Å². The predicted octanol–water partition coefficient (Wildman–Crippen LogP) is 3.44. The van der Waals surface area contributed by atoms with Crippen LogP contribution in [0.1, 0.15) is 49.1 Å². The van der Waals surface area contributed by atoms with Gasteiger partial charge in [-0.15, -0.1) is 0 Å². The number of nitrogens with one attached hydrogen (secondary N) is 2. The monoisotopic (exact) mass is 478 g/mol. The zero-order valence-corrected chi connectivity index (χ0v) is 19.4. The highest BCUT2D eigenvalue weighted by Gasteiger charge is 2.38. The van der Waals surface area contributed by atoms with Crippen molar-refractivity contribution >= 4 is 18.0 Å². The summed E-state index contributed by atoms with van der Waals surface area (Å²) >= 11 is 0. The highest BCUT2D eigenvalue weighted by Crippen LogP contribution is 2.44. The van der Waals surface area contributed by atoms with Crippen LogP contribution >= 0.6 is 0 Å². The number of aliphatic carboxylic acids is 1. The summed E-state index contributed by atoms with van der Waals surface area (Å²) < 4.78 is 11.2. The first-order valence-corrected chi connectivity index (χ1v) is 12.2. The molecule has 4 atom stereocenters. The Kier molecular flexibility index (Phi) is 6.72. The van der Waals surface area contributed by atoms with E-state index in [4.69, 9.17) is 14.6 Å². The fraction of sp³-hybridized carbons (Fsp3) is 0.444. The summed E-state index contributed by atoms with van der Waals surface area (Å²) in [6.07, 6.45) is 1.48. The Balaban J connectivity index is 1.15. The summed E-state index contributed by atoms with van der Waals surface area (Å²) in [6.45, 7) is 0.579. The predicted molar refractivity (Wildman–Crippen MR) is 128 cm³/mol. The van der Waals surface area contributed by atoms with Crippen molar-refractivity contribution in [2.45, 2.75) is 56.2 Å². The Morgan fingerprint density at radius 2 is 1.63 bits per heavy atom. The number of carbonyl (C=O) groups is 3. The third kappa shape index (κ3) is 5.03. The zero-order valence-electron chi connectivity index (χ0n) is 19.4. The smallest absolute Gasteiger partial charge is 0.407 e. The molecule has 0 aromatic heterocycles. The number of carboxylic acids is 1. The highest BCUT2D eigenvalue weighted by molar-refractivity contribution is 5.83. The molecule has 2 amide bonds. The maximum Gasteiger partial charge on any atom is 0.407 e. The molecule has 2 aromatic rings. The molecule has 2 unspecified atom stereocenters. The molecule has 2 fully saturated rings. The van der Waals surface area contributed by atoms with E-state index >= 15 is 0 Å². The lowest BCUT2D eigenvalue weighted by atomic mass is 9.98. The summed E-state index contributed by atoms with van der Waals surface area (Å²) in [5, 5.41) is 14.8. The van der Waals surface area contributed by atoms with Crippen LogP contribution in [0.15, 0.2) is 48.5 Å². The second kappa shape index (κ2) is 10.1. The molecule has 8 nitrogen and oxygen atoms in total. The minimum absolute atomic E-state index is 0.0341. The van der Waals surface area contributed by atoms with Crippen molar-refractivity contribution in [3.63, 3.8) is 0 Å². The molecule has 1 aliphatic heterocycles. The van der Waals surface area contributed by atoms with E-state index in [1.165, 1.54) is 0 Å². The zero-order chi connectivity index (χ0) is 24.4. The first-order chi connectivity index (χ1) is 17.0. The number of hydrogen-bond acceptors (Lipinski definition) is 5. The number of benzene rings is 2. The van der Waals surface area contributed by atoms with Gasteiger partial charge in [0.2, 0.25) is 0 Å².